The van der Waals surface area contributed by atoms with E-state index < -0.39 is 18.1 Å². The van der Waals surface area contributed by atoms with Gasteiger partial charge in [0.1, 0.15) is 0 Å². The summed E-state index contributed by atoms with van der Waals surface area (Å²) in [6, 6.07) is 0. The number of hydrogen-bond donors (Lipinski definition) is 1. The average Bonchev–Trinajstić information content (AvgIpc) is 2.78. The van der Waals surface area contributed by atoms with Crippen molar-refractivity contribution in [1.29, 1.82) is 0 Å². The number of nitrogens with zero attached hydrogens (tertiary/aromatic N) is 1. The summed E-state index contributed by atoms with van der Waals surface area (Å²) in [5, 5.41) is 3.27. The molecule has 0 aromatic rings. The van der Waals surface area contributed by atoms with E-state index in [1.807, 2.05) is 6.92 Å². The van der Waals surface area contributed by atoms with E-state index in [2.05, 4.69) is 5.32 Å². The summed E-state index contributed by atoms with van der Waals surface area (Å²) < 4.78 is 36.3. The molecule has 1 amide bonds. The summed E-state index contributed by atoms with van der Waals surface area (Å²) in [5.74, 6) is -0.00493. The number of carbonyl (C=O) groups excluding carboxylic acids is 1. The van der Waals surface area contributed by atoms with Crippen molar-refractivity contribution < 1.29 is 18.0 Å². The third-order valence-electron chi connectivity index (χ3n) is 3.94. The fourth-order valence-corrected chi connectivity index (χ4v) is 3.07. The molecule has 1 atom stereocenters. The summed E-state index contributed by atoms with van der Waals surface area (Å²) in [6.07, 6.45) is -1.47. The van der Waals surface area contributed by atoms with Gasteiger partial charge in [0.2, 0.25) is 5.91 Å². The van der Waals surface area contributed by atoms with Gasteiger partial charge in [-0.3, -0.25) is 10.1 Å². The van der Waals surface area contributed by atoms with Crippen LogP contribution in [0.25, 0.3) is 0 Å². The molecule has 2 fully saturated rings. The molecule has 0 aromatic heterocycles. The van der Waals surface area contributed by atoms with Gasteiger partial charge in [-0.15, -0.1) is 0 Å². The van der Waals surface area contributed by atoms with Crippen molar-refractivity contribution in [2.75, 3.05) is 6.54 Å². The lowest BCUT2D eigenvalue weighted by Gasteiger charge is -2.22. The first-order valence-corrected chi connectivity index (χ1v) is 6.50. The number of carbonyl (C=O) groups is 1. The highest BCUT2D eigenvalue weighted by atomic mass is 19.4. The Balaban J connectivity index is 1.91. The Morgan fingerprint density at radius 3 is 2.56 bits per heavy atom. The third kappa shape index (κ3) is 2.63. The number of amides is 1. The van der Waals surface area contributed by atoms with Gasteiger partial charge in [-0.05, 0) is 26.2 Å². The second kappa shape index (κ2) is 4.72. The molecule has 3 nitrogen and oxygen atoms in total. The zero-order chi connectivity index (χ0) is 13.4. The molecule has 1 aliphatic carbocycles. The quantitative estimate of drug-likeness (QED) is 0.849. The van der Waals surface area contributed by atoms with E-state index in [0.29, 0.717) is 0 Å². The molecule has 2 rings (SSSR count). The lowest BCUT2D eigenvalue weighted by Crippen LogP contribution is -2.44. The normalized spacial score (nSPS) is 27.4. The van der Waals surface area contributed by atoms with E-state index in [-0.39, 0.29) is 25.0 Å². The summed E-state index contributed by atoms with van der Waals surface area (Å²) in [4.78, 5) is 13.8. The molecule has 2 aliphatic rings. The minimum absolute atomic E-state index is 0.00493. The first-order chi connectivity index (χ1) is 8.34. The van der Waals surface area contributed by atoms with E-state index in [9.17, 15) is 18.0 Å². The van der Waals surface area contributed by atoms with Crippen molar-refractivity contribution in [3.8, 4) is 0 Å². The molecule has 1 aliphatic heterocycles. The molecule has 1 unspecified atom stereocenters. The molecule has 1 spiro atoms. The fraction of sp³-hybridized carbons (Fsp3) is 0.917. The van der Waals surface area contributed by atoms with Crippen LogP contribution in [0.4, 0.5) is 13.2 Å². The highest BCUT2D eigenvalue weighted by Gasteiger charge is 2.50. The zero-order valence-corrected chi connectivity index (χ0v) is 10.5. The fourth-order valence-electron chi connectivity index (χ4n) is 3.07. The van der Waals surface area contributed by atoms with Crippen LogP contribution in [0.15, 0.2) is 0 Å². The van der Waals surface area contributed by atoms with Crippen LogP contribution in [0.5, 0.6) is 0 Å². The predicted molar refractivity (Wildman–Crippen MR) is 60.8 cm³/mol. The maximum absolute atomic E-state index is 12.3. The van der Waals surface area contributed by atoms with Gasteiger partial charge < -0.3 is 4.90 Å². The van der Waals surface area contributed by atoms with Gasteiger partial charge in [0.25, 0.3) is 0 Å². The summed E-state index contributed by atoms with van der Waals surface area (Å²) in [7, 11) is 0. The summed E-state index contributed by atoms with van der Waals surface area (Å²) in [6.45, 7) is 2.03. The smallest absolute Gasteiger partial charge is 0.326 e. The topological polar surface area (TPSA) is 32.3 Å². The molecular weight excluding hydrogens is 245 g/mol. The van der Waals surface area contributed by atoms with Crippen LogP contribution in [-0.4, -0.2) is 35.2 Å². The van der Waals surface area contributed by atoms with Gasteiger partial charge >= 0.3 is 6.18 Å². The Morgan fingerprint density at radius 2 is 2.00 bits per heavy atom. The van der Waals surface area contributed by atoms with Gasteiger partial charge in [0.15, 0.2) is 0 Å². The second-order valence-electron chi connectivity index (χ2n) is 5.33. The standard InChI is InChI=1S/C12H19F3N2O/c1-9-16-11(5-2-3-6-11)10(18)17(9)8-4-7-12(13,14)15/h9,16H,2-8H2,1H3. The SMILES string of the molecule is CC1NC2(CCCC2)C(=O)N1CCCC(F)(F)F. The number of nitrogens with one attached hydrogen (secondary N) is 1. The molecule has 0 aromatic carbocycles. The monoisotopic (exact) mass is 264 g/mol. The maximum atomic E-state index is 12.3. The Bertz CT molecular complexity index is 324. The molecule has 1 saturated heterocycles. The lowest BCUT2D eigenvalue weighted by molar-refractivity contribution is -0.141. The maximum Gasteiger partial charge on any atom is 0.389 e. The third-order valence-corrected chi connectivity index (χ3v) is 3.94. The largest absolute Gasteiger partial charge is 0.389 e. The minimum atomic E-state index is -4.13. The average molecular weight is 264 g/mol. The molecule has 1 heterocycles. The zero-order valence-electron chi connectivity index (χ0n) is 10.5. The highest BCUT2D eigenvalue weighted by molar-refractivity contribution is 5.89. The Hall–Kier alpha value is -0.780. The lowest BCUT2D eigenvalue weighted by atomic mass is 9.98. The number of alkyl halides is 3. The van der Waals surface area contributed by atoms with Gasteiger partial charge in [-0.2, -0.15) is 13.2 Å². The van der Waals surface area contributed by atoms with Crippen LogP contribution in [0.2, 0.25) is 0 Å². The van der Waals surface area contributed by atoms with Crippen LogP contribution in [-0.2, 0) is 4.79 Å². The minimum Gasteiger partial charge on any atom is -0.326 e. The first kappa shape index (κ1) is 13.6. The van der Waals surface area contributed by atoms with E-state index in [1.54, 1.807) is 4.90 Å². The van der Waals surface area contributed by atoms with Crippen LogP contribution < -0.4 is 5.32 Å². The van der Waals surface area contributed by atoms with Gasteiger partial charge in [0.05, 0.1) is 11.7 Å². The molecule has 1 N–H and O–H groups in total. The van der Waals surface area contributed by atoms with E-state index in [4.69, 9.17) is 0 Å². The Morgan fingerprint density at radius 1 is 1.39 bits per heavy atom. The van der Waals surface area contributed by atoms with Gasteiger partial charge in [-0.1, -0.05) is 12.8 Å². The Kier molecular flexibility index (Phi) is 3.58. The van der Waals surface area contributed by atoms with Crippen molar-refractivity contribution in [2.24, 2.45) is 0 Å². The van der Waals surface area contributed by atoms with Crippen molar-refractivity contribution in [3.05, 3.63) is 0 Å². The first-order valence-electron chi connectivity index (χ1n) is 6.50. The van der Waals surface area contributed by atoms with Crippen molar-refractivity contribution in [3.63, 3.8) is 0 Å². The van der Waals surface area contributed by atoms with Gasteiger partial charge in [-0.25, -0.2) is 0 Å². The number of rotatable bonds is 3. The van der Waals surface area contributed by atoms with Crippen LogP contribution >= 0.6 is 0 Å². The number of hydrogen-bond acceptors (Lipinski definition) is 2. The van der Waals surface area contributed by atoms with Gasteiger partial charge in [0, 0.05) is 13.0 Å². The molecular formula is C12H19F3N2O. The summed E-state index contributed by atoms with van der Waals surface area (Å²) >= 11 is 0. The molecule has 1 saturated carbocycles. The molecule has 0 bridgehead atoms. The molecule has 6 heteroatoms. The number of halogens is 3. The van der Waals surface area contributed by atoms with E-state index in [0.717, 1.165) is 25.7 Å². The highest BCUT2D eigenvalue weighted by Crippen LogP contribution is 2.36. The van der Waals surface area contributed by atoms with E-state index >= 15 is 0 Å². The van der Waals surface area contributed by atoms with Crippen LogP contribution in [0.3, 0.4) is 0 Å². The predicted octanol–water partition coefficient (Wildman–Crippen LogP) is 2.42. The second-order valence-corrected chi connectivity index (χ2v) is 5.33. The van der Waals surface area contributed by atoms with Crippen molar-refractivity contribution >= 4 is 5.91 Å². The molecule has 104 valence electrons. The molecule has 18 heavy (non-hydrogen) atoms. The Labute approximate surface area is 105 Å². The van der Waals surface area contributed by atoms with E-state index in [1.165, 1.54) is 0 Å². The van der Waals surface area contributed by atoms with Crippen LogP contribution in [0.1, 0.15) is 45.4 Å². The van der Waals surface area contributed by atoms with Crippen molar-refractivity contribution in [1.82, 2.24) is 10.2 Å². The summed E-state index contributed by atoms with van der Waals surface area (Å²) in [5.41, 5.74) is -0.475. The van der Waals surface area contributed by atoms with Crippen molar-refractivity contribution in [2.45, 2.75) is 63.3 Å². The van der Waals surface area contributed by atoms with Crippen LogP contribution in [0, 0.1) is 0 Å². The molecule has 0 radical (unpaired) electrons.